The Morgan fingerprint density at radius 2 is 2.21 bits per heavy atom. The van der Waals surface area contributed by atoms with E-state index < -0.39 is 18.2 Å². The molecule has 0 aliphatic carbocycles. The monoisotopic (exact) mass is 261 g/mol. The van der Waals surface area contributed by atoms with Crippen molar-refractivity contribution < 1.29 is 20.1 Å². The van der Waals surface area contributed by atoms with Gasteiger partial charge >= 0.3 is 5.97 Å². The van der Waals surface area contributed by atoms with E-state index in [0.29, 0.717) is 16.5 Å². The maximum absolute atomic E-state index is 11.0. The Morgan fingerprint density at radius 1 is 1.47 bits per heavy atom. The molecular weight excluding hydrogens is 250 g/mol. The quantitative estimate of drug-likeness (QED) is 0.636. The van der Waals surface area contributed by atoms with Crippen LogP contribution >= 0.6 is 0 Å². The Labute approximate surface area is 107 Å². The number of carboxylic acids is 1. The molecule has 2 unspecified atom stereocenters. The summed E-state index contributed by atoms with van der Waals surface area (Å²) >= 11 is 0. The molecule has 0 spiro atoms. The van der Waals surface area contributed by atoms with Crippen molar-refractivity contribution in [3.63, 3.8) is 0 Å². The smallest absolute Gasteiger partial charge is 0.357 e. The summed E-state index contributed by atoms with van der Waals surface area (Å²) < 4.78 is 0. The predicted octanol–water partition coefficient (Wildman–Crippen LogP) is 0.569. The zero-order valence-corrected chi connectivity index (χ0v) is 9.74. The largest absolute Gasteiger partial charge is 0.476 e. The van der Waals surface area contributed by atoms with Gasteiger partial charge in [0.15, 0.2) is 5.69 Å². The fourth-order valence-electron chi connectivity index (χ4n) is 1.81. The molecule has 0 saturated carbocycles. The molecule has 4 N–H and O–H groups in total. The molecular formula is C12H11N3O4. The Balaban J connectivity index is 2.43. The Bertz CT molecular complexity index is 659. The average molecular weight is 261 g/mol. The molecule has 0 radical (unpaired) electrons. The third kappa shape index (κ3) is 2.40. The number of nitriles is 1. The van der Waals surface area contributed by atoms with Crippen molar-refractivity contribution in [3.8, 4) is 6.07 Å². The number of nitrogens with zero attached hydrogens (tertiary/aromatic N) is 2. The van der Waals surface area contributed by atoms with Crippen LogP contribution in [0.2, 0.25) is 0 Å². The van der Waals surface area contributed by atoms with Crippen molar-refractivity contribution in [2.75, 3.05) is 0 Å². The highest BCUT2D eigenvalue weighted by Gasteiger charge is 2.20. The molecule has 2 rings (SSSR count). The summed E-state index contributed by atoms with van der Waals surface area (Å²) in [6.07, 6.45) is -2.68. The van der Waals surface area contributed by atoms with Crippen molar-refractivity contribution in [1.29, 1.82) is 5.26 Å². The van der Waals surface area contributed by atoms with Gasteiger partial charge in [-0.3, -0.25) is 5.10 Å². The zero-order valence-electron chi connectivity index (χ0n) is 9.74. The fraction of sp³-hybridized carbons (Fsp3) is 0.250. The molecule has 7 nitrogen and oxygen atoms in total. The predicted molar refractivity (Wildman–Crippen MR) is 64.2 cm³/mol. The number of aliphatic hydroxyl groups is 2. The van der Waals surface area contributed by atoms with E-state index >= 15 is 0 Å². The highest BCUT2D eigenvalue weighted by Crippen LogP contribution is 2.24. The van der Waals surface area contributed by atoms with Crippen molar-refractivity contribution in [1.82, 2.24) is 10.2 Å². The molecule has 0 aliphatic rings. The van der Waals surface area contributed by atoms with Gasteiger partial charge in [-0.05, 0) is 17.7 Å². The Morgan fingerprint density at radius 3 is 2.84 bits per heavy atom. The van der Waals surface area contributed by atoms with Crippen LogP contribution in [-0.2, 0) is 0 Å². The van der Waals surface area contributed by atoms with Gasteiger partial charge in [0.2, 0.25) is 0 Å². The Kier molecular flexibility index (Phi) is 3.46. The first-order chi connectivity index (χ1) is 9.04. The third-order valence-electron chi connectivity index (χ3n) is 2.80. The van der Waals surface area contributed by atoms with Gasteiger partial charge in [0.25, 0.3) is 0 Å². The molecule has 1 aromatic heterocycles. The maximum atomic E-state index is 11.0. The second-order valence-electron chi connectivity index (χ2n) is 4.06. The van der Waals surface area contributed by atoms with Gasteiger partial charge in [0, 0.05) is 5.39 Å². The highest BCUT2D eigenvalue weighted by molar-refractivity contribution is 6.01. The number of aliphatic hydroxyl groups excluding tert-OH is 2. The van der Waals surface area contributed by atoms with E-state index in [9.17, 15) is 15.0 Å². The molecule has 98 valence electrons. The molecule has 0 aliphatic heterocycles. The van der Waals surface area contributed by atoms with Gasteiger partial charge in [0.1, 0.15) is 6.10 Å². The number of aromatic nitrogens is 2. The number of aromatic amines is 1. The van der Waals surface area contributed by atoms with Crippen molar-refractivity contribution in [3.05, 3.63) is 29.5 Å². The summed E-state index contributed by atoms with van der Waals surface area (Å²) in [5, 5.41) is 43.4. The zero-order chi connectivity index (χ0) is 14.0. The molecule has 0 bridgehead atoms. The van der Waals surface area contributed by atoms with Crippen molar-refractivity contribution in [2.24, 2.45) is 0 Å². The van der Waals surface area contributed by atoms with E-state index in [1.54, 1.807) is 12.1 Å². The minimum absolute atomic E-state index is 0.154. The molecule has 0 saturated heterocycles. The summed E-state index contributed by atoms with van der Waals surface area (Å²) in [6, 6.07) is 6.30. The van der Waals surface area contributed by atoms with E-state index in [1.807, 2.05) is 0 Å². The third-order valence-corrected chi connectivity index (χ3v) is 2.80. The fourth-order valence-corrected chi connectivity index (χ4v) is 1.81. The summed E-state index contributed by atoms with van der Waals surface area (Å²) in [4.78, 5) is 11.0. The first kappa shape index (κ1) is 13.0. The summed E-state index contributed by atoms with van der Waals surface area (Å²) in [7, 11) is 0. The summed E-state index contributed by atoms with van der Waals surface area (Å²) in [6.45, 7) is 0. The van der Waals surface area contributed by atoms with Crippen LogP contribution in [0, 0.1) is 11.3 Å². The number of benzene rings is 1. The van der Waals surface area contributed by atoms with Crippen LogP contribution in [0.3, 0.4) is 0 Å². The van der Waals surface area contributed by atoms with E-state index in [1.165, 1.54) is 12.1 Å². The number of carboxylic acid groups (broad SMARTS) is 1. The number of carbonyl (C=O) groups is 1. The number of nitrogens with one attached hydrogen (secondary N) is 1. The highest BCUT2D eigenvalue weighted by atomic mass is 16.4. The lowest BCUT2D eigenvalue weighted by Crippen LogP contribution is -2.17. The standard InChI is InChI=1S/C12H11N3O4/c13-4-3-9(16)11(17)6-1-2-8-7(5-6)10(12(18)19)15-14-8/h1-2,5,9,11,16-17H,3H2,(H,14,15)(H,18,19). The van der Waals surface area contributed by atoms with Gasteiger partial charge in [-0.2, -0.15) is 10.4 Å². The lowest BCUT2D eigenvalue weighted by Gasteiger charge is -2.15. The molecule has 0 fully saturated rings. The van der Waals surface area contributed by atoms with Gasteiger partial charge in [-0.1, -0.05) is 6.07 Å². The molecule has 1 aromatic carbocycles. The normalized spacial score (nSPS) is 13.9. The molecule has 7 heteroatoms. The van der Waals surface area contributed by atoms with Crippen LogP contribution in [0.4, 0.5) is 0 Å². The number of H-pyrrole nitrogens is 1. The van der Waals surface area contributed by atoms with Crippen LogP contribution < -0.4 is 0 Å². The first-order valence-electron chi connectivity index (χ1n) is 5.49. The number of fused-ring (bicyclic) bond motifs is 1. The van der Waals surface area contributed by atoms with Gasteiger partial charge in [-0.25, -0.2) is 4.79 Å². The first-order valence-corrected chi connectivity index (χ1v) is 5.49. The SMILES string of the molecule is N#CCC(O)C(O)c1ccc2[nH]nc(C(=O)O)c2c1. The molecule has 19 heavy (non-hydrogen) atoms. The van der Waals surface area contributed by atoms with E-state index in [-0.39, 0.29) is 12.1 Å². The molecule has 2 atom stereocenters. The summed E-state index contributed by atoms with van der Waals surface area (Å²) in [5.74, 6) is -1.18. The minimum Gasteiger partial charge on any atom is -0.476 e. The minimum atomic E-state index is -1.25. The van der Waals surface area contributed by atoms with Crippen LogP contribution in [0.1, 0.15) is 28.6 Å². The number of aromatic carboxylic acids is 1. The van der Waals surface area contributed by atoms with Crippen LogP contribution in [0.15, 0.2) is 18.2 Å². The van der Waals surface area contributed by atoms with E-state index in [2.05, 4.69) is 10.2 Å². The number of hydrogen-bond acceptors (Lipinski definition) is 5. The van der Waals surface area contributed by atoms with Crippen molar-refractivity contribution in [2.45, 2.75) is 18.6 Å². The lowest BCUT2D eigenvalue weighted by atomic mass is 10.0. The Hall–Kier alpha value is -2.43. The average Bonchev–Trinajstić information content (AvgIpc) is 2.80. The second kappa shape index (κ2) is 5.06. The van der Waals surface area contributed by atoms with Crippen LogP contribution in [0.5, 0.6) is 0 Å². The van der Waals surface area contributed by atoms with Gasteiger partial charge < -0.3 is 15.3 Å². The second-order valence-corrected chi connectivity index (χ2v) is 4.06. The topological polar surface area (TPSA) is 130 Å². The molecule has 1 heterocycles. The number of rotatable bonds is 4. The van der Waals surface area contributed by atoms with E-state index in [0.717, 1.165) is 0 Å². The number of hydrogen-bond donors (Lipinski definition) is 4. The van der Waals surface area contributed by atoms with E-state index in [4.69, 9.17) is 10.4 Å². The maximum Gasteiger partial charge on any atom is 0.357 e. The van der Waals surface area contributed by atoms with Crippen LogP contribution in [0.25, 0.3) is 10.9 Å². The van der Waals surface area contributed by atoms with Crippen molar-refractivity contribution >= 4 is 16.9 Å². The van der Waals surface area contributed by atoms with Crippen LogP contribution in [-0.4, -0.2) is 37.6 Å². The lowest BCUT2D eigenvalue weighted by molar-refractivity contribution is 0.0217. The molecule has 2 aromatic rings. The summed E-state index contributed by atoms with van der Waals surface area (Å²) in [5.41, 5.74) is 0.695. The van der Waals surface area contributed by atoms with Gasteiger partial charge in [-0.15, -0.1) is 0 Å². The van der Waals surface area contributed by atoms with Gasteiger partial charge in [0.05, 0.1) is 24.1 Å². The molecule has 0 amide bonds.